The van der Waals surface area contributed by atoms with E-state index in [1.807, 2.05) is 6.07 Å². The van der Waals surface area contributed by atoms with E-state index in [2.05, 4.69) is 27.7 Å². The number of rotatable bonds is 10. The quantitative estimate of drug-likeness (QED) is 0.313. The third kappa shape index (κ3) is 6.23. The van der Waals surface area contributed by atoms with Gasteiger partial charge in [-0.2, -0.15) is 8.42 Å². The Labute approximate surface area is 188 Å². The van der Waals surface area contributed by atoms with Gasteiger partial charge in [0.15, 0.2) is 0 Å². The molecule has 3 atom stereocenters. The van der Waals surface area contributed by atoms with Crippen LogP contribution in [0, 0.1) is 22.7 Å². The third-order valence-electron chi connectivity index (χ3n) is 8.20. The lowest BCUT2D eigenvalue weighted by Gasteiger charge is -2.50. The van der Waals surface area contributed by atoms with Gasteiger partial charge in [0, 0.05) is 0 Å². The molecular formula is C25H40O5S. The average molecular weight is 453 g/mol. The van der Waals surface area contributed by atoms with Crippen molar-refractivity contribution in [2.24, 2.45) is 22.7 Å². The minimum atomic E-state index is -4.42. The number of allylic oxidation sites excluding steroid dienone is 2. The first kappa shape index (κ1) is 24.5. The van der Waals surface area contributed by atoms with Gasteiger partial charge in [0.1, 0.15) is 0 Å². The van der Waals surface area contributed by atoms with E-state index in [1.165, 1.54) is 32.1 Å². The van der Waals surface area contributed by atoms with Crippen molar-refractivity contribution in [2.75, 3.05) is 6.61 Å². The van der Waals surface area contributed by atoms with Gasteiger partial charge >= 0.3 is 10.4 Å². The maximum Gasteiger partial charge on any atom is 0.397 e. The van der Waals surface area contributed by atoms with Gasteiger partial charge in [0.25, 0.3) is 0 Å². The minimum Gasteiger partial charge on any atom is -0.472 e. The predicted molar refractivity (Wildman–Crippen MR) is 123 cm³/mol. The van der Waals surface area contributed by atoms with Crippen molar-refractivity contribution in [3.05, 3.63) is 35.3 Å². The van der Waals surface area contributed by atoms with Crippen molar-refractivity contribution in [2.45, 2.75) is 91.9 Å². The molecule has 6 heteroatoms. The van der Waals surface area contributed by atoms with Crippen LogP contribution in [0.5, 0.6) is 0 Å². The standard InChI is InChI=1S/C25H40O5S/c1-19-10-11-22-23(9-6-14-24(22,2)3)25(19,4)15-12-20(18-30-31(26,27)28)7-5-8-21-13-16-29-17-21/h13,16-17,19-20H,5-12,14-15,18H2,1-4H3,(H,26,27,28)/t19-,20+,25+/m1/s1. The Bertz CT molecular complexity index is 852. The van der Waals surface area contributed by atoms with Crippen LogP contribution in [-0.4, -0.2) is 19.6 Å². The van der Waals surface area contributed by atoms with E-state index in [0.29, 0.717) is 11.3 Å². The molecule has 0 aromatic carbocycles. The fraction of sp³-hybridized carbons (Fsp3) is 0.760. The second kappa shape index (κ2) is 9.80. The third-order valence-corrected chi connectivity index (χ3v) is 8.63. The second-order valence-corrected chi connectivity index (χ2v) is 11.8. The monoisotopic (exact) mass is 452 g/mol. The second-order valence-electron chi connectivity index (χ2n) is 10.7. The predicted octanol–water partition coefficient (Wildman–Crippen LogP) is 6.76. The van der Waals surface area contributed by atoms with Crippen LogP contribution in [0.4, 0.5) is 0 Å². The molecule has 0 fully saturated rings. The van der Waals surface area contributed by atoms with Crippen LogP contribution >= 0.6 is 0 Å². The van der Waals surface area contributed by atoms with Crippen molar-refractivity contribution >= 4 is 10.4 Å². The molecule has 31 heavy (non-hydrogen) atoms. The highest BCUT2D eigenvalue weighted by Gasteiger charge is 2.44. The Kier molecular flexibility index (Phi) is 7.75. The highest BCUT2D eigenvalue weighted by Crippen LogP contribution is 2.56. The highest BCUT2D eigenvalue weighted by atomic mass is 32.3. The van der Waals surface area contributed by atoms with Gasteiger partial charge in [-0.3, -0.25) is 4.55 Å². The summed E-state index contributed by atoms with van der Waals surface area (Å²) in [5.41, 5.74) is 4.97. The van der Waals surface area contributed by atoms with Gasteiger partial charge in [-0.05, 0) is 98.5 Å². The molecule has 0 saturated heterocycles. The van der Waals surface area contributed by atoms with Gasteiger partial charge in [-0.25, -0.2) is 4.18 Å². The van der Waals surface area contributed by atoms with Gasteiger partial charge in [0.2, 0.25) is 0 Å². The van der Waals surface area contributed by atoms with Gasteiger partial charge in [0.05, 0.1) is 19.1 Å². The molecule has 2 aliphatic carbocycles. The van der Waals surface area contributed by atoms with Crippen molar-refractivity contribution in [1.29, 1.82) is 0 Å². The molecular weight excluding hydrogens is 412 g/mol. The molecule has 0 aliphatic heterocycles. The molecule has 2 aliphatic rings. The van der Waals surface area contributed by atoms with E-state index in [0.717, 1.165) is 37.7 Å². The SMILES string of the molecule is C[C@@H]1CCC2=C(CCCC2(C)C)[C@@]1(C)CC[C@H](CCCc1ccoc1)COS(=O)(=O)O. The Morgan fingerprint density at radius 3 is 2.68 bits per heavy atom. The summed E-state index contributed by atoms with van der Waals surface area (Å²) in [7, 11) is -4.42. The largest absolute Gasteiger partial charge is 0.472 e. The lowest BCUT2D eigenvalue weighted by Crippen LogP contribution is -2.38. The fourth-order valence-electron chi connectivity index (χ4n) is 5.94. The summed E-state index contributed by atoms with van der Waals surface area (Å²) in [6.45, 7) is 9.66. The van der Waals surface area contributed by atoms with E-state index >= 15 is 0 Å². The molecule has 1 N–H and O–H groups in total. The first-order valence-corrected chi connectivity index (χ1v) is 13.2. The van der Waals surface area contributed by atoms with E-state index in [4.69, 9.17) is 13.2 Å². The molecule has 1 aromatic rings. The topological polar surface area (TPSA) is 76.7 Å². The number of hydrogen-bond acceptors (Lipinski definition) is 4. The first-order valence-electron chi connectivity index (χ1n) is 11.9. The molecule has 3 rings (SSSR count). The lowest BCUT2D eigenvalue weighted by atomic mass is 9.55. The minimum absolute atomic E-state index is 0.0477. The molecule has 5 nitrogen and oxygen atoms in total. The molecule has 0 saturated carbocycles. The number of hydrogen-bond donors (Lipinski definition) is 1. The molecule has 0 unspecified atom stereocenters. The van der Waals surface area contributed by atoms with Crippen LogP contribution in [0.25, 0.3) is 0 Å². The van der Waals surface area contributed by atoms with Crippen molar-refractivity contribution < 1.29 is 21.6 Å². The molecule has 0 amide bonds. The van der Waals surface area contributed by atoms with E-state index in [-0.39, 0.29) is 17.9 Å². The lowest BCUT2D eigenvalue weighted by molar-refractivity contribution is 0.141. The van der Waals surface area contributed by atoms with E-state index in [1.54, 1.807) is 23.7 Å². The van der Waals surface area contributed by atoms with Crippen LogP contribution in [-0.2, 0) is 21.0 Å². The molecule has 1 aromatic heterocycles. The average Bonchev–Trinajstić information content (AvgIpc) is 3.19. The van der Waals surface area contributed by atoms with Crippen LogP contribution in [0.3, 0.4) is 0 Å². The fourth-order valence-corrected chi connectivity index (χ4v) is 6.30. The zero-order valence-electron chi connectivity index (χ0n) is 19.7. The Balaban J connectivity index is 1.70. The maximum absolute atomic E-state index is 11.2. The van der Waals surface area contributed by atoms with E-state index < -0.39 is 10.4 Å². The van der Waals surface area contributed by atoms with E-state index in [9.17, 15) is 8.42 Å². The van der Waals surface area contributed by atoms with Gasteiger partial charge in [-0.1, -0.05) is 38.8 Å². The summed E-state index contributed by atoms with van der Waals surface area (Å²) in [6.07, 6.45) is 14.3. The Hall–Kier alpha value is -1.11. The summed E-state index contributed by atoms with van der Waals surface area (Å²) >= 11 is 0. The summed E-state index contributed by atoms with van der Waals surface area (Å²) < 4.78 is 41.4. The Morgan fingerprint density at radius 1 is 1.23 bits per heavy atom. The smallest absolute Gasteiger partial charge is 0.397 e. The highest BCUT2D eigenvalue weighted by molar-refractivity contribution is 7.80. The van der Waals surface area contributed by atoms with Crippen molar-refractivity contribution in [3.63, 3.8) is 0 Å². The van der Waals surface area contributed by atoms with Gasteiger partial charge < -0.3 is 4.42 Å². The zero-order valence-corrected chi connectivity index (χ0v) is 20.5. The first-order chi connectivity index (χ1) is 14.5. The summed E-state index contributed by atoms with van der Waals surface area (Å²) in [5.74, 6) is 0.717. The summed E-state index contributed by atoms with van der Waals surface area (Å²) in [6, 6.07) is 1.97. The summed E-state index contributed by atoms with van der Waals surface area (Å²) in [4.78, 5) is 0. The Morgan fingerprint density at radius 2 is 2.00 bits per heavy atom. The zero-order chi connectivity index (χ0) is 22.7. The molecule has 0 radical (unpaired) electrons. The molecule has 176 valence electrons. The maximum atomic E-state index is 11.2. The van der Waals surface area contributed by atoms with Crippen molar-refractivity contribution in [1.82, 2.24) is 0 Å². The van der Waals surface area contributed by atoms with Crippen LogP contribution < -0.4 is 0 Å². The number of aryl methyl sites for hydroxylation is 1. The van der Waals surface area contributed by atoms with Crippen molar-refractivity contribution in [3.8, 4) is 0 Å². The molecule has 0 spiro atoms. The normalized spacial score (nSPS) is 27.2. The molecule has 1 heterocycles. The van der Waals surface area contributed by atoms with Crippen LogP contribution in [0.15, 0.2) is 34.2 Å². The van der Waals surface area contributed by atoms with Crippen LogP contribution in [0.1, 0.15) is 91.0 Å². The summed E-state index contributed by atoms with van der Waals surface area (Å²) in [5, 5.41) is 0. The van der Waals surface area contributed by atoms with Crippen LogP contribution in [0.2, 0.25) is 0 Å². The molecule has 0 bridgehead atoms. The number of furan rings is 1. The van der Waals surface area contributed by atoms with Gasteiger partial charge in [-0.15, -0.1) is 0 Å².